The van der Waals surface area contributed by atoms with Gasteiger partial charge in [-0.2, -0.15) is 0 Å². The number of hydrogen-bond acceptors (Lipinski definition) is 6. The summed E-state index contributed by atoms with van der Waals surface area (Å²) < 4.78 is 12.2. The molecule has 2 heterocycles. The van der Waals surface area contributed by atoms with E-state index in [1.807, 2.05) is 6.07 Å². The van der Waals surface area contributed by atoms with Gasteiger partial charge in [0, 0.05) is 31.0 Å². The van der Waals surface area contributed by atoms with Crippen molar-refractivity contribution in [2.45, 2.75) is 120 Å². The van der Waals surface area contributed by atoms with Crippen molar-refractivity contribution in [3.8, 4) is 11.5 Å². The Hall–Kier alpha value is -1.92. The molecule has 2 bridgehead atoms. The van der Waals surface area contributed by atoms with Crippen molar-refractivity contribution in [2.75, 3.05) is 13.1 Å². The van der Waals surface area contributed by atoms with Crippen molar-refractivity contribution in [3.63, 3.8) is 0 Å². The molecule has 1 saturated heterocycles. The van der Waals surface area contributed by atoms with Crippen LogP contribution >= 0.6 is 0 Å². The average molecular weight is 496 g/mol. The number of nitrogens with zero attached hydrogens (tertiary/aromatic N) is 1. The summed E-state index contributed by atoms with van der Waals surface area (Å²) in [4.78, 5) is 28.4. The zero-order valence-corrected chi connectivity index (χ0v) is 21.7. The number of aliphatic hydroxyl groups is 1. The SMILES string of the molecule is CCCCCCCCCC(=O)Oc1ccc2c3c1O[C@H]1C(=O)CC[C@@]4(O)C(C2)N(CC2CC2)CC[C@]314. The van der Waals surface area contributed by atoms with Crippen molar-refractivity contribution in [3.05, 3.63) is 23.3 Å². The standard InChI is InChI=1S/C30H41NO5/c1-2-3-4-5-6-7-8-9-25(33)35-23-13-12-21-18-24-30(34)15-14-22(32)28-29(30,26(21)27(23)36-28)16-17-31(24)19-20-10-11-20/h12-13,20,24,28,34H,2-11,14-19H2,1H3/t24?,28-,29-,30+/m0/s1. The van der Waals surface area contributed by atoms with Gasteiger partial charge in [-0.05, 0) is 62.6 Å². The highest BCUT2D eigenvalue weighted by atomic mass is 16.6. The molecule has 1 spiro atoms. The molecule has 1 aromatic carbocycles. The summed E-state index contributed by atoms with van der Waals surface area (Å²) in [6, 6.07) is 3.91. The third kappa shape index (κ3) is 3.82. The molecule has 2 saturated carbocycles. The van der Waals surface area contributed by atoms with Crippen LogP contribution in [0.1, 0.15) is 102 Å². The molecule has 0 aromatic heterocycles. The lowest BCUT2D eigenvalue weighted by Crippen LogP contribution is -2.76. The summed E-state index contributed by atoms with van der Waals surface area (Å²) in [5.74, 6) is 1.52. The first-order valence-corrected chi connectivity index (χ1v) is 14.5. The predicted molar refractivity (Wildman–Crippen MR) is 136 cm³/mol. The van der Waals surface area contributed by atoms with Crippen molar-refractivity contribution in [1.29, 1.82) is 0 Å². The van der Waals surface area contributed by atoms with Crippen LogP contribution in [0.5, 0.6) is 11.5 Å². The van der Waals surface area contributed by atoms with E-state index in [-0.39, 0.29) is 17.8 Å². The number of ether oxygens (including phenoxy) is 2. The van der Waals surface area contributed by atoms with Crippen LogP contribution in [0, 0.1) is 5.92 Å². The van der Waals surface area contributed by atoms with Gasteiger partial charge < -0.3 is 14.6 Å². The van der Waals surface area contributed by atoms with Gasteiger partial charge in [0.2, 0.25) is 0 Å². The van der Waals surface area contributed by atoms with Crippen LogP contribution in [-0.2, 0) is 21.4 Å². The third-order valence-corrected chi connectivity index (χ3v) is 9.75. The Morgan fingerprint density at radius 3 is 2.69 bits per heavy atom. The minimum Gasteiger partial charge on any atom is -0.477 e. The van der Waals surface area contributed by atoms with Crippen molar-refractivity contribution in [1.82, 2.24) is 4.90 Å². The summed E-state index contributed by atoms with van der Waals surface area (Å²) in [5, 5.41) is 12.3. The normalized spacial score (nSPS) is 32.2. The summed E-state index contributed by atoms with van der Waals surface area (Å²) >= 11 is 0. The molecule has 0 radical (unpaired) electrons. The Kier molecular flexibility index (Phi) is 6.40. The number of carbonyl (C=O) groups excluding carboxylic acids is 2. The first-order valence-electron chi connectivity index (χ1n) is 14.5. The van der Waals surface area contributed by atoms with Gasteiger partial charge >= 0.3 is 5.97 Å². The van der Waals surface area contributed by atoms with Gasteiger partial charge in [-0.15, -0.1) is 0 Å². The summed E-state index contributed by atoms with van der Waals surface area (Å²) in [6.45, 7) is 4.13. The summed E-state index contributed by atoms with van der Waals surface area (Å²) in [7, 11) is 0. The molecule has 2 aliphatic heterocycles. The van der Waals surface area contributed by atoms with Crippen LogP contribution in [0.25, 0.3) is 0 Å². The number of rotatable bonds is 11. The zero-order valence-electron chi connectivity index (χ0n) is 21.7. The highest BCUT2D eigenvalue weighted by molar-refractivity contribution is 5.90. The predicted octanol–water partition coefficient (Wildman–Crippen LogP) is 4.87. The summed E-state index contributed by atoms with van der Waals surface area (Å²) in [6.07, 6.45) is 12.6. The highest BCUT2D eigenvalue weighted by Crippen LogP contribution is 2.65. The van der Waals surface area contributed by atoms with E-state index in [1.165, 1.54) is 38.5 Å². The van der Waals surface area contributed by atoms with Gasteiger partial charge in [-0.25, -0.2) is 0 Å². The second-order valence-corrected chi connectivity index (χ2v) is 12.0. The van der Waals surface area contributed by atoms with Crippen LogP contribution in [0.2, 0.25) is 0 Å². The molecule has 1 unspecified atom stereocenters. The highest BCUT2D eigenvalue weighted by Gasteiger charge is 2.73. The molecule has 5 aliphatic rings. The van der Waals surface area contributed by atoms with Gasteiger partial charge in [0.1, 0.15) is 0 Å². The van der Waals surface area contributed by atoms with Crippen molar-refractivity contribution < 1.29 is 24.2 Å². The maximum atomic E-state index is 13.2. The number of Topliss-reactive ketones (excluding diaryl/α,β-unsaturated/α-hetero) is 1. The fourth-order valence-electron chi connectivity index (χ4n) is 7.73. The number of ketones is 1. The lowest BCUT2D eigenvalue weighted by molar-refractivity contribution is -0.188. The molecule has 6 nitrogen and oxygen atoms in total. The van der Waals surface area contributed by atoms with Gasteiger partial charge in [-0.3, -0.25) is 14.5 Å². The number of benzene rings is 1. The Morgan fingerprint density at radius 2 is 1.92 bits per heavy atom. The quantitative estimate of drug-likeness (QED) is 0.268. The maximum Gasteiger partial charge on any atom is 0.311 e. The molecule has 6 heteroatoms. The fourth-order valence-corrected chi connectivity index (χ4v) is 7.73. The Labute approximate surface area is 214 Å². The third-order valence-electron chi connectivity index (χ3n) is 9.75. The second-order valence-electron chi connectivity index (χ2n) is 12.0. The lowest BCUT2D eigenvalue weighted by atomic mass is 9.49. The lowest BCUT2D eigenvalue weighted by Gasteiger charge is -2.62. The van der Waals surface area contributed by atoms with Gasteiger partial charge in [-0.1, -0.05) is 51.5 Å². The number of likely N-dealkylation sites (tertiary alicyclic amines) is 1. The molecular weight excluding hydrogens is 454 g/mol. The molecule has 36 heavy (non-hydrogen) atoms. The average Bonchev–Trinajstić information content (AvgIpc) is 3.60. The van der Waals surface area contributed by atoms with Gasteiger partial charge in [0.25, 0.3) is 0 Å². The minimum absolute atomic E-state index is 0.00947. The number of hydrogen-bond donors (Lipinski definition) is 1. The zero-order chi connectivity index (χ0) is 24.9. The van der Waals surface area contributed by atoms with E-state index in [1.54, 1.807) is 0 Å². The number of unbranched alkanes of at least 4 members (excludes halogenated alkanes) is 6. The molecule has 1 aromatic rings. The van der Waals surface area contributed by atoms with Crippen LogP contribution < -0.4 is 9.47 Å². The van der Waals surface area contributed by atoms with E-state index in [0.717, 1.165) is 55.8 Å². The maximum absolute atomic E-state index is 13.2. The van der Waals surface area contributed by atoms with E-state index < -0.39 is 17.1 Å². The van der Waals surface area contributed by atoms with Gasteiger partial charge in [0.15, 0.2) is 23.4 Å². The molecule has 6 rings (SSSR count). The Morgan fingerprint density at radius 1 is 1.14 bits per heavy atom. The smallest absolute Gasteiger partial charge is 0.311 e. The van der Waals surface area contributed by atoms with Gasteiger partial charge in [0.05, 0.1) is 11.0 Å². The number of piperidine rings is 1. The van der Waals surface area contributed by atoms with Crippen molar-refractivity contribution in [2.24, 2.45) is 5.92 Å². The first kappa shape index (κ1) is 24.4. The molecule has 3 fully saturated rings. The van der Waals surface area contributed by atoms with Crippen molar-refractivity contribution >= 4 is 11.8 Å². The van der Waals surface area contributed by atoms with E-state index in [9.17, 15) is 14.7 Å². The molecule has 196 valence electrons. The molecule has 1 N–H and O–H groups in total. The summed E-state index contributed by atoms with van der Waals surface area (Å²) in [5.41, 5.74) is 0.379. The van der Waals surface area contributed by atoms with Crippen LogP contribution in [0.3, 0.4) is 0 Å². The molecular formula is C30H41NO5. The number of esters is 1. The van der Waals surface area contributed by atoms with E-state index in [0.29, 0.717) is 37.2 Å². The number of carbonyl (C=O) groups is 2. The molecule has 4 atom stereocenters. The fraction of sp³-hybridized carbons (Fsp3) is 0.733. The largest absolute Gasteiger partial charge is 0.477 e. The van der Waals surface area contributed by atoms with Crippen LogP contribution in [0.4, 0.5) is 0 Å². The molecule has 3 aliphatic carbocycles. The topological polar surface area (TPSA) is 76.1 Å². The van der Waals surface area contributed by atoms with E-state index >= 15 is 0 Å². The van der Waals surface area contributed by atoms with E-state index in [4.69, 9.17) is 9.47 Å². The molecule has 0 amide bonds. The minimum atomic E-state index is -0.989. The van der Waals surface area contributed by atoms with Crippen LogP contribution in [0.15, 0.2) is 12.1 Å². The van der Waals surface area contributed by atoms with E-state index in [2.05, 4.69) is 17.9 Å². The first-order chi connectivity index (χ1) is 17.5. The monoisotopic (exact) mass is 495 g/mol. The Bertz CT molecular complexity index is 1030. The Balaban J connectivity index is 1.22. The second kappa shape index (κ2) is 9.43. The van der Waals surface area contributed by atoms with Crippen LogP contribution in [-0.4, -0.2) is 52.6 Å².